The van der Waals surface area contributed by atoms with Crippen molar-refractivity contribution in [3.8, 4) is 0 Å². The number of nitrogens with zero attached hydrogens (tertiary/aromatic N) is 2. The van der Waals surface area contributed by atoms with Crippen molar-refractivity contribution < 1.29 is 13.2 Å². The van der Waals surface area contributed by atoms with Gasteiger partial charge in [-0.1, -0.05) is 13.8 Å². The van der Waals surface area contributed by atoms with Crippen LogP contribution in [0.1, 0.15) is 38.8 Å². The number of hydrogen-bond acceptors (Lipinski definition) is 3. The molecule has 3 unspecified atom stereocenters. The third kappa shape index (κ3) is 3.58. The third-order valence-electron chi connectivity index (χ3n) is 3.69. The van der Waals surface area contributed by atoms with Gasteiger partial charge in [0.2, 0.25) is 5.95 Å². The van der Waals surface area contributed by atoms with Gasteiger partial charge in [0.25, 0.3) is 0 Å². The molecule has 6 heteroatoms. The standard InChI is InChI=1S/C13H18F3N3/c1-8-3-4-10(9(2)7-8)18-12-17-6-5-11(19-12)13(14,15)16/h5-6,8-10H,3-4,7H2,1-2H3,(H,17,18,19). The second-order valence-electron chi connectivity index (χ2n) is 5.41. The van der Waals surface area contributed by atoms with Crippen LogP contribution < -0.4 is 5.32 Å². The fourth-order valence-electron chi connectivity index (χ4n) is 2.63. The Labute approximate surface area is 110 Å². The van der Waals surface area contributed by atoms with Crippen LogP contribution in [0.25, 0.3) is 0 Å². The lowest BCUT2D eigenvalue weighted by molar-refractivity contribution is -0.141. The zero-order valence-electron chi connectivity index (χ0n) is 11.0. The first-order chi connectivity index (χ1) is 8.86. The molecule has 0 aliphatic heterocycles. The summed E-state index contributed by atoms with van der Waals surface area (Å²) in [5.74, 6) is 1.17. The Hall–Kier alpha value is -1.33. The van der Waals surface area contributed by atoms with Crippen LogP contribution in [0.3, 0.4) is 0 Å². The molecule has 0 aromatic carbocycles. The highest BCUT2D eigenvalue weighted by atomic mass is 19.4. The quantitative estimate of drug-likeness (QED) is 0.892. The first kappa shape index (κ1) is 14.1. The zero-order chi connectivity index (χ0) is 14.0. The molecule has 1 aliphatic carbocycles. The minimum atomic E-state index is -4.42. The van der Waals surface area contributed by atoms with E-state index in [1.54, 1.807) is 0 Å². The van der Waals surface area contributed by atoms with Crippen molar-refractivity contribution in [1.82, 2.24) is 9.97 Å². The van der Waals surface area contributed by atoms with Gasteiger partial charge in [-0.3, -0.25) is 0 Å². The molecular formula is C13H18F3N3. The van der Waals surface area contributed by atoms with Crippen molar-refractivity contribution in [2.75, 3.05) is 5.32 Å². The van der Waals surface area contributed by atoms with Crippen molar-refractivity contribution in [2.45, 2.75) is 45.3 Å². The van der Waals surface area contributed by atoms with E-state index in [0.29, 0.717) is 11.8 Å². The summed E-state index contributed by atoms with van der Waals surface area (Å²) in [6.07, 6.45) is -0.167. The van der Waals surface area contributed by atoms with E-state index in [2.05, 4.69) is 29.1 Å². The molecule has 1 N–H and O–H groups in total. The Balaban J connectivity index is 2.07. The van der Waals surface area contributed by atoms with Crippen LogP contribution in [0, 0.1) is 11.8 Å². The summed E-state index contributed by atoms with van der Waals surface area (Å²) in [5.41, 5.74) is -0.901. The van der Waals surface area contributed by atoms with Gasteiger partial charge >= 0.3 is 6.18 Å². The topological polar surface area (TPSA) is 37.8 Å². The molecule has 1 aromatic rings. The lowest BCUT2D eigenvalue weighted by Gasteiger charge is -2.33. The number of hydrogen-bond donors (Lipinski definition) is 1. The minimum Gasteiger partial charge on any atom is -0.351 e. The molecule has 0 saturated heterocycles. The molecule has 0 radical (unpaired) electrons. The van der Waals surface area contributed by atoms with E-state index in [0.717, 1.165) is 31.5 Å². The van der Waals surface area contributed by atoms with Gasteiger partial charge in [-0.25, -0.2) is 9.97 Å². The molecule has 3 nitrogen and oxygen atoms in total. The Bertz CT molecular complexity index is 433. The summed E-state index contributed by atoms with van der Waals surface area (Å²) < 4.78 is 37.7. The predicted molar refractivity (Wildman–Crippen MR) is 66.6 cm³/mol. The molecule has 106 valence electrons. The molecule has 1 fully saturated rings. The summed E-state index contributed by atoms with van der Waals surface area (Å²) in [5, 5.41) is 3.04. The van der Waals surface area contributed by atoms with Gasteiger partial charge in [-0.15, -0.1) is 0 Å². The summed E-state index contributed by atoms with van der Waals surface area (Å²) in [6, 6.07) is 1.04. The Morgan fingerprint density at radius 3 is 2.63 bits per heavy atom. The smallest absolute Gasteiger partial charge is 0.351 e. The first-order valence-corrected chi connectivity index (χ1v) is 6.53. The van der Waals surface area contributed by atoms with Crippen molar-refractivity contribution >= 4 is 5.95 Å². The Kier molecular flexibility index (Phi) is 3.96. The largest absolute Gasteiger partial charge is 0.433 e. The monoisotopic (exact) mass is 273 g/mol. The highest BCUT2D eigenvalue weighted by Gasteiger charge is 2.33. The van der Waals surface area contributed by atoms with Crippen LogP contribution in [-0.2, 0) is 6.18 Å². The SMILES string of the molecule is CC1CCC(Nc2nccc(C(F)(F)F)n2)C(C)C1. The highest BCUT2D eigenvalue weighted by Crippen LogP contribution is 2.31. The van der Waals surface area contributed by atoms with Gasteiger partial charge in [0.15, 0.2) is 0 Å². The number of anilines is 1. The molecule has 0 amide bonds. The van der Waals surface area contributed by atoms with Crippen LogP contribution in [0.5, 0.6) is 0 Å². The second kappa shape index (κ2) is 5.35. The normalized spacial score (nSPS) is 28.2. The van der Waals surface area contributed by atoms with Crippen LogP contribution >= 0.6 is 0 Å². The molecule has 1 saturated carbocycles. The summed E-state index contributed by atoms with van der Waals surface area (Å²) in [4.78, 5) is 7.42. The molecule has 1 aliphatic rings. The number of nitrogens with one attached hydrogen (secondary N) is 1. The van der Waals surface area contributed by atoms with Crippen LogP contribution in [0.2, 0.25) is 0 Å². The molecule has 1 heterocycles. The van der Waals surface area contributed by atoms with E-state index >= 15 is 0 Å². The molecule has 3 atom stereocenters. The van der Waals surface area contributed by atoms with Crippen LogP contribution in [0.4, 0.5) is 19.1 Å². The number of rotatable bonds is 2. The lowest BCUT2D eigenvalue weighted by Crippen LogP contribution is -2.33. The summed E-state index contributed by atoms with van der Waals surface area (Å²) in [7, 11) is 0. The highest BCUT2D eigenvalue weighted by molar-refractivity contribution is 5.28. The van der Waals surface area contributed by atoms with Gasteiger partial charge in [0.1, 0.15) is 5.69 Å². The van der Waals surface area contributed by atoms with E-state index in [1.807, 2.05) is 0 Å². The van der Waals surface area contributed by atoms with E-state index < -0.39 is 11.9 Å². The lowest BCUT2D eigenvalue weighted by atomic mass is 9.80. The fourth-order valence-corrected chi connectivity index (χ4v) is 2.63. The summed E-state index contributed by atoms with van der Waals surface area (Å²) >= 11 is 0. The molecule has 2 rings (SSSR count). The molecule has 1 aromatic heterocycles. The molecule has 0 spiro atoms. The number of halogens is 3. The second-order valence-corrected chi connectivity index (χ2v) is 5.41. The minimum absolute atomic E-state index is 0.0706. The maximum Gasteiger partial charge on any atom is 0.433 e. The molecular weight excluding hydrogens is 255 g/mol. The Morgan fingerprint density at radius 1 is 1.26 bits per heavy atom. The number of alkyl halides is 3. The average molecular weight is 273 g/mol. The van der Waals surface area contributed by atoms with E-state index in [-0.39, 0.29) is 12.0 Å². The maximum absolute atomic E-state index is 12.6. The van der Waals surface area contributed by atoms with Crippen LogP contribution in [-0.4, -0.2) is 16.0 Å². The maximum atomic E-state index is 12.6. The van der Waals surface area contributed by atoms with E-state index in [1.165, 1.54) is 0 Å². The summed E-state index contributed by atoms with van der Waals surface area (Å²) in [6.45, 7) is 4.31. The van der Waals surface area contributed by atoms with Gasteiger partial charge in [-0.2, -0.15) is 13.2 Å². The Morgan fingerprint density at radius 2 is 2.00 bits per heavy atom. The zero-order valence-corrected chi connectivity index (χ0v) is 11.0. The first-order valence-electron chi connectivity index (χ1n) is 6.53. The van der Waals surface area contributed by atoms with Gasteiger partial charge in [0, 0.05) is 12.2 Å². The van der Waals surface area contributed by atoms with E-state index in [9.17, 15) is 13.2 Å². The van der Waals surface area contributed by atoms with Crippen molar-refractivity contribution in [1.29, 1.82) is 0 Å². The number of aromatic nitrogens is 2. The van der Waals surface area contributed by atoms with Gasteiger partial charge in [-0.05, 0) is 37.2 Å². The van der Waals surface area contributed by atoms with Crippen molar-refractivity contribution in [3.63, 3.8) is 0 Å². The van der Waals surface area contributed by atoms with Crippen molar-refractivity contribution in [2.24, 2.45) is 11.8 Å². The predicted octanol–water partition coefficient (Wildman–Crippen LogP) is 3.73. The van der Waals surface area contributed by atoms with Gasteiger partial charge < -0.3 is 5.32 Å². The van der Waals surface area contributed by atoms with Gasteiger partial charge in [0.05, 0.1) is 0 Å². The molecule has 19 heavy (non-hydrogen) atoms. The molecule has 0 bridgehead atoms. The van der Waals surface area contributed by atoms with Crippen molar-refractivity contribution in [3.05, 3.63) is 18.0 Å². The average Bonchev–Trinajstić information content (AvgIpc) is 2.32. The van der Waals surface area contributed by atoms with Crippen LogP contribution in [0.15, 0.2) is 12.3 Å². The fraction of sp³-hybridized carbons (Fsp3) is 0.692. The third-order valence-corrected chi connectivity index (χ3v) is 3.69. The van der Waals surface area contributed by atoms with E-state index in [4.69, 9.17) is 0 Å².